The molecule has 0 amide bonds. The fraction of sp³-hybridized carbons (Fsp3) is 0.333. The Balaban J connectivity index is 2.51. The summed E-state index contributed by atoms with van der Waals surface area (Å²) in [5.74, 6) is -0.854. The topological polar surface area (TPSA) is 48.3 Å². The molecule has 4 nitrogen and oxygen atoms in total. The van der Waals surface area contributed by atoms with Crippen molar-refractivity contribution in [3.63, 3.8) is 0 Å². The summed E-state index contributed by atoms with van der Waals surface area (Å²) >= 11 is 10.3. The Morgan fingerprint density at radius 3 is 2.44 bits per heavy atom. The van der Waals surface area contributed by atoms with E-state index in [2.05, 4.69) is 47.8 Å². The first-order chi connectivity index (χ1) is 11.7. The summed E-state index contributed by atoms with van der Waals surface area (Å²) in [4.78, 5) is 25.2. The fourth-order valence-corrected chi connectivity index (χ4v) is 4.40. The lowest BCUT2D eigenvalue weighted by atomic mass is 10.1. The fourth-order valence-electron chi connectivity index (χ4n) is 2.76. The van der Waals surface area contributed by atoms with E-state index in [1.54, 1.807) is 31.5 Å². The minimum atomic E-state index is -0.442. The Morgan fingerprint density at radius 2 is 1.84 bits per heavy atom. The van der Waals surface area contributed by atoms with Crippen molar-refractivity contribution in [2.75, 3.05) is 6.61 Å². The molecule has 1 heterocycles. The van der Waals surface area contributed by atoms with E-state index in [1.807, 2.05) is 19.1 Å². The SMILES string of the molecule is CCOC(=O)C(C)c1cc(C)c(C(=O)c2cc(Br)cc(Br)c2Br)n1C. The van der Waals surface area contributed by atoms with Gasteiger partial charge in [-0.05, 0) is 76.4 Å². The average Bonchev–Trinajstić information content (AvgIpc) is 2.84. The van der Waals surface area contributed by atoms with Crippen molar-refractivity contribution in [1.82, 2.24) is 4.57 Å². The molecule has 0 radical (unpaired) electrons. The van der Waals surface area contributed by atoms with Gasteiger partial charge in [0, 0.05) is 31.7 Å². The zero-order chi connectivity index (χ0) is 18.9. The molecule has 1 aromatic heterocycles. The van der Waals surface area contributed by atoms with E-state index < -0.39 is 5.92 Å². The molecule has 7 heteroatoms. The van der Waals surface area contributed by atoms with Crippen LogP contribution in [0.1, 0.15) is 47.1 Å². The third kappa shape index (κ3) is 4.09. The molecular formula is C18H18Br3NO3. The first-order valence-corrected chi connectivity index (χ1v) is 10.1. The van der Waals surface area contributed by atoms with Crippen molar-refractivity contribution in [3.05, 3.63) is 54.1 Å². The molecule has 0 bridgehead atoms. The number of ketones is 1. The number of halogens is 3. The molecule has 0 N–H and O–H groups in total. The Morgan fingerprint density at radius 1 is 1.20 bits per heavy atom. The lowest BCUT2D eigenvalue weighted by molar-refractivity contribution is -0.144. The van der Waals surface area contributed by atoms with Crippen LogP contribution < -0.4 is 0 Å². The first kappa shape index (κ1) is 20.4. The molecule has 25 heavy (non-hydrogen) atoms. The molecule has 0 fully saturated rings. The van der Waals surface area contributed by atoms with Gasteiger partial charge in [-0.3, -0.25) is 9.59 Å². The van der Waals surface area contributed by atoms with Gasteiger partial charge in [-0.2, -0.15) is 0 Å². The molecule has 0 spiro atoms. The standard InChI is InChI=1S/C18H18Br3NO3/c1-5-25-18(24)10(3)14-6-9(2)16(22(14)4)17(23)12-7-11(19)8-13(20)15(12)21/h6-8,10H,5H2,1-4H3. The van der Waals surface area contributed by atoms with Crippen LogP contribution in [-0.2, 0) is 16.6 Å². The maximum Gasteiger partial charge on any atom is 0.314 e. The maximum absolute atomic E-state index is 13.1. The molecule has 0 aliphatic rings. The second-order valence-corrected chi connectivity index (χ2v) is 8.27. The Kier molecular flexibility index (Phi) is 6.68. The van der Waals surface area contributed by atoms with Gasteiger partial charge in [0.1, 0.15) is 0 Å². The monoisotopic (exact) mass is 533 g/mol. The van der Waals surface area contributed by atoms with E-state index in [9.17, 15) is 9.59 Å². The summed E-state index contributed by atoms with van der Waals surface area (Å²) < 4.78 is 9.17. The van der Waals surface area contributed by atoms with E-state index in [0.717, 1.165) is 20.2 Å². The molecule has 0 saturated carbocycles. The van der Waals surface area contributed by atoms with Crippen LogP contribution in [-0.4, -0.2) is 22.9 Å². The van der Waals surface area contributed by atoms with Gasteiger partial charge >= 0.3 is 5.97 Å². The van der Waals surface area contributed by atoms with Crippen molar-refractivity contribution in [1.29, 1.82) is 0 Å². The van der Waals surface area contributed by atoms with Crippen LogP contribution in [0.2, 0.25) is 0 Å². The number of aryl methyl sites for hydroxylation is 1. The minimum absolute atomic E-state index is 0.115. The van der Waals surface area contributed by atoms with Gasteiger partial charge in [0.25, 0.3) is 0 Å². The van der Waals surface area contributed by atoms with E-state index in [4.69, 9.17) is 4.74 Å². The van der Waals surface area contributed by atoms with Crippen molar-refractivity contribution in [2.24, 2.45) is 7.05 Å². The zero-order valence-corrected chi connectivity index (χ0v) is 19.1. The first-order valence-electron chi connectivity index (χ1n) is 7.71. The third-order valence-electron chi connectivity index (χ3n) is 4.00. The number of benzene rings is 1. The van der Waals surface area contributed by atoms with Crippen LogP contribution in [0.15, 0.2) is 31.6 Å². The molecule has 2 rings (SSSR count). The highest BCUT2D eigenvalue weighted by Gasteiger charge is 2.26. The molecule has 1 atom stereocenters. The van der Waals surface area contributed by atoms with Crippen LogP contribution >= 0.6 is 47.8 Å². The number of nitrogens with zero attached hydrogens (tertiary/aromatic N) is 1. The highest BCUT2D eigenvalue weighted by atomic mass is 79.9. The number of rotatable bonds is 5. The molecule has 1 unspecified atom stereocenters. The average molecular weight is 536 g/mol. The molecule has 0 aliphatic heterocycles. The smallest absolute Gasteiger partial charge is 0.314 e. The predicted molar refractivity (Wildman–Crippen MR) is 108 cm³/mol. The van der Waals surface area contributed by atoms with Crippen LogP contribution in [0, 0.1) is 6.92 Å². The number of aromatic nitrogens is 1. The largest absolute Gasteiger partial charge is 0.465 e. The molecule has 134 valence electrons. The summed E-state index contributed by atoms with van der Waals surface area (Å²) in [7, 11) is 1.80. The molecule has 1 aromatic carbocycles. The minimum Gasteiger partial charge on any atom is -0.465 e. The maximum atomic E-state index is 13.1. The summed E-state index contributed by atoms with van der Waals surface area (Å²) in [5, 5.41) is 0. The Labute approximate surface area is 172 Å². The quantitative estimate of drug-likeness (QED) is 0.288. The van der Waals surface area contributed by atoms with Crippen LogP contribution in [0.5, 0.6) is 0 Å². The van der Waals surface area contributed by atoms with Gasteiger partial charge in [-0.15, -0.1) is 0 Å². The van der Waals surface area contributed by atoms with Crippen molar-refractivity contribution in [3.8, 4) is 0 Å². The summed E-state index contributed by atoms with van der Waals surface area (Å²) in [6.45, 7) is 5.76. The van der Waals surface area contributed by atoms with E-state index in [0.29, 0.717) is 22.3 Å². The van der Waals surface area contributed by atoms with Gasteiger partial charge in [0.15, 0.2) is 0 Å². The van der Waals surface area contributed by atoms with Crippen LogP contribution in [0.3, 0.4) is 0 Å². The van der Waals surface area contributed by atoms with Gasteiger partial charge in [0.05, 0.1) is 18.2 Å². The number of hydrogen-bond donors (Lipinski definition) is 0. The van der Waals surface area contributed by atoms with Crippen LogP contribution in [0.4, 0.5) is 0 Å². The predicted octanol–water partition coefficient (Wildman–Crippen LogP) is 5.52. The number of hydrogen-bond acceptors (Lipinski definition) is 3. The van der Waals surface area contributed by atoms with Gasteiger partial charge < -0.3 is 9.30 Å². The van der Waals surface area contributed by atoms with E-state index in [-0.39, 0.29) is 11.8 Å². The van der Waals surface area contributed by atoms with Crippen molar-refractivity contribution in [2.45, 2.75) is 26.7 Å². The number of ether oxygens (including phenoxy) is 1. The molecule has 0 aliphatic carbocycles. The van der Waals surface area contributed by atoms with Crippen LogP contribution in [0.25, 0.3) is 0 Å². The molecule has 2 aromatic rings. The Bertz CT molecular complexity index is 843. The van der Waals surface area contributed by atoms with Crippen molar-refractivity contribution < 1.29 is 14.3 Å². The zero-order valence-electron chi connectivity index (χ0n) is 14.3. The summed E-state index contributed by atoms with van der Waals surface area (Å²) in [6, 6.07) is 5.51. The van der Waals surface area contributed by atoms with Gasteiger partial charge in [0.2, 0.25) is 5.78 Å². The second-order valence-electron chi connectivity index (χ2n) is 5.71. The second kappa shape index (κ2) is 8.18. The number of esters is 1. The molecule has 0 saturated heterocycles. The van der Waals surface area contributed by atoms with Gasteiger partial charge in [-0.25, -0.2) is 0 Å². The van der Waals surface area contributed by atoms with Crippen molar-refractivity contribution >= 4 is 59.5 Å². The number of carbonyl (C=O) groups is 2. The lowest BCUT2D eigenvalue weighted by Gasteiger charge is -2.14. The third-order valence-corrected chi connectivity index (χ3v) is 6.47. The summed E-state index contributed by atoms with van der Waals surface area (Å²) in [5.41, 5.74) is 2.67. The molecular weight excluding hydrogens is 518 g/mol. The highest BCUT2D eigenvalue weighted by Crippen LogP contribution is 2.33. The van der Waals surface area contributed by atoms with E-state index >= 15 is 0 Å². The van der Waals surface area contributed by atoms with E-state index in [1.165, 1.54) is 0 Å². The number of carbonyl (C=O) groups excluding carboxylic acids is 2. The Hall–Kier alpha value is -0.920. The summed E-state index contributed by atoms with van der Waals surface area (Å²) in [6.07, 6.45) is 0. The highest BCUT2D eigenvalue weighted by molar-refractivity contribution is 9.13. The normalized spacial score (nSPS) is 12.1. The van der Waals surface area contributed by atoms with Gasteiger partial charge in [-0.1, -0.05) is 15.9 Å². The lowest BCUT2D eigenvalue weighted by Crippen LogP contribution is -2.17.